The Morgan fingerprint density at radius 1 is 1.24 bits per heavy atom. The lowest BCUT2D eigenvalue weighted by Crippen LogP contribution is -2.41. The van der Waals surface area contributed by atoms with E-state index in [1.807, 2.05) is 39.8 Å². The normalized spacial score (nSPS) is 27.0. The summed E-state index contributed by atoms with van der Waals surface area (Å²) in [6.07, 6.45) is 2.78. The zero-order valence-corrected chi connectivity index (χ0v) is 13.1. The molecule has 0 radical (unpaired) electrons. The summed E-state index contributed by atoms with van der Waals surface area (Å²) in [5.41, 5.74) is 0.00965. The summed E-state index contributed by atoms with van der Waals surface area (Å²) in [4.78, 5) is 4.37. The quantitative estimate of drug-likeness (QED) is 0.791. The van der Waals surface area contributed by atoms with Gasteiger partial charge in [-0.3, -0.25) is 4.98 Å². The Labute approximate surface area is 126 Å². The van der Waals surface area contributed by atoms with Crippen molar-refractivity contribution < 1.29 is 18.8 Å². The molecule has 3 rings (SSSR count). The van der Waals surface area contributed by atoms with Gasteiger partial charge in [0, 0.05) is 12.6 Å². The largest absolute Gasteiger partial charge is 0.514 e. The molecule has 0 N–H and O–H groups in total. The van der Waals surface area contributed by atoms with Gasteiger partial charge in [-0.25, -0.2) is 0 Å². The third-order valence-electron chi connectivity index (χ3n) is 4.44. The van der Waals surface area contributed by atoms with Crippen LogP contribution in [-0.4, -0.2) is 42.6 Å². The van der Waals surface area contributed by atoms with Crippen molar-refractivity contribution in [2.75, 3.05) is 13.2 Å². The predicted molar refractivity (Wildman–Crippen MR) is 79.8 cm³/mol. The first-order valence-electron chi connectivity index (χ1n) is 7.43. The molecule has 2 saturated heterocycles. The maximum atomic E-state index is 6.01. The van der Waals surface area contributed by atoms with Gasteiger partial charge in [-0.15, -0.1) is 0 Å². The second kappa shape index (κ2) is 5.27. The van der Waals surface area contributed by atoms with Crippen LogP contribution in [0, 0.1) is 0 Å². The van der Waals surface area contributed by atoms with Gasteiger partial charge < -0.3 is 18.8 Å². The number of hydrogen-bond acceptors (Lipinski definition) is 5. The van der Waals surface area contributed by atoms with E-state index in [1.54, 1.807) is 6.20 Å². The maximum Gasteiger partial charge on any atom is 0.514 e. The van der Waals surface area contributed by atoms with E-state index in [2.05, 4.69) is 4.98 Å². The van der Waals surface area contributed by atoms with E-state index < -0.39 is 7.12 Å². The Morgan fingerprint density at radius 3 is 2.57 bits per heavy atom. The van der Waals surface area contributed by atoms with E-state index in [9.17, 15) is 0 Å². The fourth-order valence-electron chi connectivity index (χ4n) is 2.39. The first-order valence-corrected chi connectivity index (χ1v) is 7.43. The highest BCUT2D eigenvalue weighted by Gasteiger charge is 2.52. The molecule has 2 aliphatic rings. The highest BCUT2D eigenvalue weighted by atomic mass is 16.7. The number of ether oxygens (including phenoxy) is 2. The predicted octanol–water partition coefficient (Wildman–Crippen LogP) is 1.55. The lowest BCUT2D eigenvalue weighted by molar-refractivity contribution is 0.00578. The van der Waals surface area contributed by atoms with Gasteiger partial charge in [-0.05, 0) is 39.8 Å². The zero-order chi connectivity index (χ0) is 15.1. The number of hydrogen-bond donors (Lipinski definition) is 0. The van der Waals surface area contributed by atoms with Crippen molar-refractivity contribution in [3.05, 3.63) is 18.3 Å². The summed E-state index contributed by atoms with van der Waals surface area (Å²) in [5, 5.41) is 0. The highest BCUT2D eigenvalue weighted by Crippen LogP contribution is 2.36. The molecule has 1 aromatic heterocycles. The van der Waals surface area contributed by atoms with E-state index in [1.165, 1.54) is 0 Å². The maximum absolute atomic E-state index is 6.01. The van der Waals surface area contributed by atoms with E-state index >= 15 is 0 Å². The van der Waals surface area contributed by atoms with Gasteiger partial charge >= 0.3 is 7.12 Å². The molecule has 5 nitrogen and oxygen atoms in total. The second-order valence-corrected chi connectivity index (χ2v) is 6.61. The zero-order valence-electron chi connectivity index (χ0n) is 13.1. The standard InChI is InChI=1S/C15H22BNO4/c1-14(2)15(3,4)21-16(20-14)13-9-11(5-7-17-13)19-12-6-8-18-10-12/h5,7,9,12H,6,8,10H2,1-4H3. The Bertz CT molecular complexity index is 498. The van der Waals surface area contributed by atoms with Crippen molar-refractivity contribution in [2.24, 2.45) is 0 Å². The average Bonchev–Trinajstić information content (AvgIpc) is 2.97. The molecule has 3 heterocycles. The summed E-state index contributed by atoms with van der Waals surface area (Å²) >= 11 is 0. The molecule has 2 fully saturated rings. The van der Waals surface area contributed by atoms with Gasteiger partial charge in [-0.2, -0.15) is 0 Å². The van der Waals surface area contributed by atoms with Crippen LogP contribution in [0.15, 0.2) is 18.3 Å². The van der Waals surface area contributed by atoms with Gasteiger partial charge in [0.15, 0.2) is 0 Å². The molecule has 1 atom stereocenters. The summed E-state index contributed by atoms with van der Waals surface area (Å²) in [5.74, 6) is 0.783. The molecule has 6 heteroatoms. The monoisotopic (exact) mass is 291 g/mol. The minimum Gasteiger partial charge on any atom is -0.488 e. The van der Waals surface area contributed by atoms with E-state index in [4.69, 9.17) is 18.8 Å². The van der Waals surface area contributed by atoms with E-state index in [0.717, 1.165) is 24.4 Å². The van der Waals surface area contributed by atoms with Crippen molar-refractivity contribution in [1.82, 2.24) is 4.98 Å². The lowest BCUT2D eigenvalue weighted by atomic mass is 9.84. The fourth-order valence-corrected chi connectivity index (χ4v) is 2.39. The van der Waals surface area contributed by atoms with E-state index in [0.29, 0.717) is 6.61 Å². The molecule has 114 valence electrons. The number of nitrogens with zero attached hydrogens (tertiary/aromatic N) is 1. The fraction of sp³-hybridized carbons (Fsp3) is 0.667. The topological polar surface area (TPSA) is 49.8 Å². The third kappa shape index (κ3) is 2.93. The highest BCUT2D eigenvalue weighted by molar-refractivity contribution is 6.61. The van der Waals surface area contributed by atoms with Crippen LogP contribution >= 0.6 is 0 Å². The van der Waals surface area contributed by atoms with Gasteiger partial charge in [0.1, 0.15) is 11.9 Å². The van der Waals surface area contributed by atoms with Crippen LogP contribution in [0.2, 0.25) is 0 Å². The molecule has 0 amide bonds. The minimum atomic E-state index is -0.460. The van der Waals surface area contributed by atoms with Crippen LogP contribution in [0.3, 0.4) is 0 Å². The lowest BCUT2D eigenvalue weighted by Gasteiger charge is -2.32. The smallest absolute Gasteiger partial charge is 0.488 e. The third-order valence-corrected chi connectivity index (χ3v) is 4.44. The van der Waals surface area contributed by atoms with Crippen LogP contribution in [0.4, 0.5) is 0 Å². The summed E-state index contributed by atoms with van der Waals surface area (Å²) in [6, 6.07) is 3.74. The second-order valence-electron chi connectivity index (χ2n) is 6.61. The van der Waals surface area contributed by atoms with Gasteiger partial charge in [0.05, 0.1) is 30.0 Å². The average molecular weight is 291 g/mol. The number of rotatable bonds is 3. The molecule has 0 saturated carbocycles. The Hall–Kier alpha value is -1.11. The van der Waals surface area contributed by atoms with Crippen molar-refractivity contribution in [3.8, 4) is 5.75 Å². The van der Waals surface area contributed by atoms with E-state index in [-0.39, 0.29) is 17.3 Å². The molecule has 0 aromatic carbocycles. The van der Waals surface area contributed by atoms with Crippen molar-refractivity contribution >= 4 is 12.7 Å². The molecule has 0 spiro atoms. The van der Waals surface area contributed by atoms with Crippen LogP contribution < -0.4 is 10.3 Å². The molecular formula is C15H22BNO4. The number of aromatic nitrogens is 1. The van der Waals surface area contributed by atoms with Crippen LogP contribution in [0.25, 0.3) is 0 Å². The number of pyridine rings is 1. The minimum absolute atomic E-state index is 0.124. The Kier molecular flexibility index (Phi) is 3.72. The first kappa shape index (κ1) is 14.8. The van der Waals surface area contributed by atoms with Crippen molar-refractivity contribution in [1.29, 1.82) is 0 Å². The van der Waals surface area contributed by atoms with Crippen LogP contribution in [0.1, 0.15) is 34.1 Å². The summed E-state index contributed by atoms with van der Waals surface area (Å²) < 4.78 is 23.2. The van der Waals surface area contributed by atoms with Crippen molar-refractivity contribution in [3.63, 3.8) is 0 Å². The molecule has 1 unspecified atom stereocenters. The molecular weight excluding hydrogens is 269 g/mol. The van der Waals surface area contributed by atoms with Crippen LogP contribution in [0.5, 0.6) is 5.75 Å². The molecule has 21 heavy (non-hydrogen) atoms. The van der Waals surface area contributed by atoms with Gasteiger partial charge in [0.2, 0.25) is 0 Å². The van der Waals surface area contributed by atoms with Gasteiger partial charge in [0.25, 0.3) is 0 Å². The SMILES string of the molecule is CC1(C)OB(c2cc(OC3CCOC3)ccn2)OC1(C)C. The Balaban J connectivity index is 1.74. The van der Waals surface area contributed by atoms with Crippen molar-refractivity contribution in [2.45, 2.75) is 51.4 Å². The summed E-state index contributed by atoms with van der Waals surface area (Å²) in [6.45, 7) is 9.53. The van der Waals surface area contributed by atoms with Gasteiger partial charge in [-0.1, -0.05) is 0 Å². The summed E-state index contributed by atoms with van der Waals surface area (Å²) in [7, 11) is -0.460. The molecule has 2 aliphatic heterocycles. The van der Waals surface area contributed by atoms with Crippen LogP contribution in [-0.2, 0) is 14.0 Å². The molecule has 0 aliphatic carbocycles. The first-order chi connectivity index (χ1) is 9.87. The Morgan fingerprint density at radius 2 is 1.95 bits per heavy atom. The molecule has 1 aromatic rings. The molecule has 0 bridgehead atoms.